The number of carbonyl (C=O) groups is 1. The van der Waals surface area contributed by atoms with Gasteiger partial charge in [0, 0.05) is 35.5 Å². The van der Waals surface area contributed by atoms with Gasteiger partial charge in [-0.15, -0.1) is 11.3 Å². The molecule has 3 nitrogen and oxygen atoms in total. The Morgan fingerprint density at radius 2 is 2.41 bits per heavy atom. The summed E-state index contributed by atoms with van der Waals surface area (Å²) >= 11 is 1.64. The summed E-state index contributed by atoms with van der Waals surface area (Å²) in [5.74, 6) is 0.339. The molecule has 0 aromatic carbocycles. The fraction of sp³-hybridized carbons (Fsp3) is 0.385. The third-order valence-electron chi connectivity index (χ3n) is 2.62. The van der Waals surface area contributed by atoms with E-state index >= 15 is 0 Å². The smallest absolute Gasteiger partial charge is 0.138 e. The van der Waals surface area contributed by atoms with Gasteiger partial charge < -0.3 is 4.57 Å². The Morgan fingerprint density at radius 3 is 3.12 bits per heavy atom. The number of imidazole rings is 1. The zero-order valence-electron chi connectivity index (χ0n) is 9.93. The molecule has 17 heavy (non-hydrogen) atoms. The molecule has 0 saturated heterocycles. The molecule has 90 valence electrons. The van der Waals surface area contributed by atoms with Crippen molar-refractivity contribution in [3.05, 3.63) is 35.0 Å². The van der Waals surface area contributed by atoms with Crippen LogP contribution in [0, 0.1) is 0 Å². The SMILES string of the molecule is CCCCC(=O)Cc1cc(-n2ccnc2)cs1. The zero-order valence-corrected chi connectivity index (χ0v) is 10.7. The first kappa shape index (κ1) is 12.0. The highest BCUT2D eigenvalue weighted by molar-refractivity contribution is 7.10. The first-order valence-electron chi connectivity index (χ1n) is 5.87. The molecule has 0 fully saturated rings. The van der Waals surface area contributed by atoms with Crippen LogP contribution in [0.15, 0.2) is 30.2 Å². The summed E-state index contributed by atoms with van der Waals surface area (Å²) in [6.07, 6.45) is 8.78. The molecule has 0 unspecified atom stereocenters. The van der Waals surface area contributed by atoms with E-state index in [1.165, 1.54) is 0 Å². The van der Waals surface area contributed by atoms with E-state index in [0.717, 1.165) is 23.4 Å². The molecule has 2 aromatic heterocycles. The number of thiophene rings is 1. The van der Waals surface area contributed by atoms with Gasteiger partial charge in [0.25, 0.3) is 0 Å². The molecule has 0 aliphatic rings. The number of unbranched alkanes of at least 4 members (excludes halogenated alkanes) is 1. The average Bonchev–Trinajstić information content (AvgIpc) is 2.95. The monoisotopic (exact) mass is 248 g/mol. The minimum absolute atomic E-state index is 0.339. The van der Waals surface area contributed by atoms with Crippen molar-refractivity contribution in [3.63, 3.8) is 0 Å². The third-order valence-corrected chi connectivity index (χ3v) is 3.55. The molecule has 0 saturated carbocycles. The topological polar surface area (TPSA) is 34.9 Å². The standard InChI is InChI=1S/C13H16N2OS/c1-2-3-4-12(16)8-13-7-11(9-17-13)15-6-5-14-10-15/h5-7,9-10H,2-4,8H2,1H3. The van der Waals surface area contributed by atoms with Crippen LogP contribution in [0.1, 0.15) is 31.1 Å². The minimum atomic E-state index is 0.339. The van der Waals surface area contributed by atoms with Gasteiger partial charge in [-0.3, -0.25) is 4.79 Å². The maximum Gasteiger partial charge on any atom is 0.138 e. The van der Waals surface area contributed by atoms with Crippen LogP contribution in [0.25, 0.3) is 5.69 Å². The fourth-order valence-corrected chi connectivity index (χ4v) is 2.56. The first-order chi connectivity index (χ1) is 8.29. The van der Waals surface area contributed by atoms with Crippen molar-refractivity contribution in [2.24, 2.45) is 0 Å². The van der Waals surface area contributed by atoms with E-state index in [0.29, 0.717) is 18.6 Å². The van der Waals surface area contributed by atoms with E-state index in [-0.39, 0.29) is 0 Å². The fourth-order valence-electron chi connectivity index (χ4n) is 1.67. The summed E-state index contributed by atoms with van der Waals surface area (Å²) in [5.41, 5.74) is 1.09. The highest BCUT2D eigenvalue weighted by Gasteiger charge is 2.06. The van der Waals surface area contributed by atoms with Crippen LogP contribution < -0.4 is 0 Å². The van der Waals surface area contributed by atoms with Crippen LogP contribution in [0.4, 0.5) is 0 Å². The van der Waals surface area contributed by atoms with Gasteiger partial charge in [0.05, 0.1) is 12.0 Å². The van der Waals surface area contributed by atoms with Crippen LogP contribution in [0.3, 0.4) is 0 Å². The number of rotatable bonds is 6. The van der Waals surface area contributed by atoms with E-state index < -0.39 is 0 Å². The number of hydrogen-bond acceptors (Lipinski definition) is 3. The van der Waals surface area contributed by atoms with Crippen molar-refractivity contribution >= 4 is 17.1 Å². The predicted molar refractivity (Wildman–Crippen MR) is 69.7 cm³/mol. The summed E-state index contributed by atoms with van der Waals surface area (Å²) in [4.78, 5) is 16.8. The van der Waals surface area contributed by atoms with E-state index in [1.807, 2.05) is 10.8 Å². The van der Waals surface area contributed by atoms with Gasteiger partial charge in [-0.2, -0.15) is 0 Å². The lowest BCUT2D eigenvalue weighted by atomic mass is 10.1. The second-order valence-corrected chi connectivity index (χ2v) is 5.06. The lowest BCUT2D eigenvalue weighted by Gasteiger charge is -1.97. The molecule has 4 heteroatoms. The molecule has 0 N–H and O–H groups in total. The van der Waals surface area contributed by atoms with Crippen molar-refractivity contribution in [1.29, 1.82) is 0 Å². The molecular formula is C13H16N2OS. The van der Waals surface area contributed by atoms with Gasteiger partial charge >= 0.3 is 0 Å². The molecule has 2 aromatic rings. The lowest BCUT2D eigenvalue weighted by molar-refractivity contribution is -0.118. The second kappa shape index (κ2) is 5.77. The zero-order chi connectivity index (χ0) is 12.1. The van der Waals surface area contributed by atoms with Crippen LogP contribution >= 0.6 is 11.3 Å². The number of aromatic nitrogens is 2. The Labute approximate surface area is 105 Å². The van der Waals surface area contributed by atoms with Gasteiger partial charge in [-0.1, -0.05) is 13.3 Å². The van der Waals surface area contributed by atoms with Gasteiger partial charge in [0.1, 0.15) is 5.78 Å². The number of nitrogens with zero attached hydrogens (tertiary/aromatic N) is 2. The van der Waals surface area contributed by atoms with E-state index in [1.54, 1.807) is 23.9 Å². The summed E-state index contributed by atoms with van der Waals surface area (Å²) in [6.45, 7) is 2.11. The first-order valence-corrected chi connectivity index (χ1v) is 6.75. The highest BCUT2D eigenvalue weighted by Crippen LogP contribution is 2.19. The molecule has 0 aliphatic heterocycles. The molecule has 0 bridgehead atoms. The van der Waals surface area contributed by atoms with Crippen LogP contribution in [-0.2, 0) is 11.2 Å². The molecule has 0 aliphatic carbocycles. The molecule has 0 amide bonds. The number of Topliss-reactive ketones (excluding diaryl/α,β-unsaturated/α-hetero) is 1. The van der Waals surface area contributed by atoms with Crippen LogP contribution in [0.2, 0.25) is 0 Å². The van der Waals surface area contributed by atoms with E-state index in [2.05, 4.69) is 23.4 Å². The van der Waals surface area contributed by atoms with Crippen molar-refractivity contribution in [2.45, 2.75) is 32.6 Å². The molecule has 0 atom stereocenters. The summed E-state index contributed by atoms with van der Waals surface area (Å²) < 4.78 is 1.95. The Hall–Kier alpha value is -1.42. The Bertz CT molecular complexity index is 473. The molecule has 2 heterocycles. The maximum atomic E-state index is 11.7. The second-order valence-electron chi connectivity index (χ2n) is 4.06. The molecular weight excluding hydrogens is 232 g/mol. The molecule has 0 spiro atoms. The minimum Gasteiger partial charge on any atom is -0.305 e. The molecule has 0 radical (unpaired) electrons. The van der Waals surface area contributed by atoms with Gasteiger partial charge in [0.2, 0.25) is 0 Å². The van der Waals surface area contributed by atoms with Gasteiger partial charge in [-0.05, 0) is 12.5 Å². The van der Waals surface area contributed by atoms with Gasteiger partial charge in [-0.25, -0.2) is 4.98 Å². The average molecular weight is 248 g/mol. The predicted octanol–water partition coefficient (Wildman–Crippen LogP) is 3.24. The third kappa shape index (κ3) is 3.27. The number of ketones is 1. The van der Waals surface area contributed by atoms with Gasteiger partial charge in [0.15, 0.2) is 0 Å². The lowest BCUT2D eigenvalue weighted by Crippen LogP contribution is -2.00. The van der Waals surface area contributed by atoms with Crippen molar-refractivity contribution in [2.75, 3.05) is 0 Å². The van der Waals surface area contributed by atoms with E-state index in [9.17, 15) is 4.79 Å². The maximum absolute atomic E-state index is 11.7. The largest absolute Gasteiger partial charge is 0.305 e. The summed E-state index contributed by atoms with van der Waals surface area (Å²) in [5, 5.41) is 2.06. The number of carbonyl (C=O) groups excluding carboxylic acids is 1. The van der Waals surface area contributed by atoms with Crippen molar-refractivity contribution in [3.8, 4) is 5.69 Å². The van der Waals surface area contributed by atoms with E-state index in [4.69, 9.17) is 0 Å². The molecule has 2 rings (SSSR count). The Kier molecular flexibility index (Phi) is 4.09. The van der Waals surface area contributed by atoms with Crippen molar-refractivity contribution in [1.82, 2.24) is 9.55 Å². The summed E-state index contributed by atoms with van der Waals surface area (Å²) in [7, 11) is 0. The van der Waals surface area contributed by atoms with Crippen molar-refractivity contribution < 1.29 is 4.79 Å². The normalized spacial score (nSPS) is 10.6. The Morgan fingerprint density at radius 1 is 1.53 bits per heavy atom. The van der Waals surface area contributed by atoms with Crippen LogP contribution in [0.5, 0.6) is 0 Å². The number of hydrogen-bond donors (Lipinski definition) is 0. The van der Waals surface area contributed by atoms with Crippen LogP contribution in [-0.4, -0.2) is 15.3 Å². The Balaban J connectivity index is 1.97. The summed E-state index contributed by atoms with van der Waals surface area (Å²) in [6, 6.07) is 2.07. The highest BCUT2D eigenvalue weighted by atomic mass is 32.1. The quantitative estimate of drug-likeness (QED) is 0.786.